The standard InChI is InChI=1S/C60H39NO/c1-2-12-44-37-48(23-22-40(44)10-1)46-14-7-13-45(36-46)41-24-30-50(31-25-41)61(52-16-8-15-47(38-52)49-29-35-60-58(39-49)57-18-5-6-21-59(57)62-60)51-32-26-43(27-33-51)54-19-9-20-55-53-17-4-3-11-42(53)28-34-56(54)55/h1-39H. The summed E-state index contributed by atoms with van der Waals surface area (Å²) in [5.41, 5.74) is 14.5. The maximum atomic E-state index is 6.18. The fraction of sp³-hybridized carbons (Fsp3) is 0. The number of nitrogens with zero attached hydrogens (tertiary/aromatic N) is 1. The molecule has 2 heteroatoms. The van der Waals surface area contributed by atoms with E-state index < -0.39 is 0 Å². The van der Waals surface area contributed by atoms with E-state index in [1.54, 1.807) is 0 Å². The lowest BCUT2D eigenvalue weighted by atomic mass is 9.94. The van der Waals surface area contributed by atoms with Crippen molar-refractivity contribution in [3.05, 3.63) is 237 Å². The van der Waals surface area contributed by atoms with Crippen molar-refractivity contribution < 1.29 is 4.42 Å². The Morgan fingerprint density at radius 1 is 0.242 bits per heavy atom. The summed E-state index contributed by atoms with van der Waals surface area (Å²) in [7, 11) is 0. The molecule has 11 aromatic carbocycles. The van der Waals surface area contributed by atoms with Crippen LogP contribution in [0.15, 0.2) is 241 Å². The molecule has 0 bridgehead atoms. The number of furan rings is 1. The molecule has 0 fully saturated rings. The van der Waals surface area contributed by atoms with Gasteiger partial charge < -0.3 is 9.32 Å². The highest BCUT2D eigenvalue weighted by molar-refractivity contribution is 6.12. The number of hydrogen-bond donors (Lipinski definition) is 0. The van der Waals surface area contributed by atoms with Gasteiger partial charge in [0.2, 0.25) is 0 Å². The monoisotopic (exact) mass is 789 g/mol. The van der Waals surface area contributed by atoms with Gasteiger partial charge in [-0.25, -0.2) is 0 Å². The molecule has 0 saturated carbocycles. The topological polar surface area (TPSA) is 16.4 Å². The largest absolute Gasteiger partial charge is 0.456 e. The summed E-state index contributed by atoms with van der Waals surface area (Å²) < 4.78 is 6.18. The van der Waals surface area contributed by atoms with Crippen LogP contribution < -0.4 is 4.90 Å². The van der Waals surface area contributed by atoms with Crippen molar-refractivity contribution in [2.24, 2.45) is 0 Å². The van der Waals surface area contributed by atoms with Crippen LogP contribution in [0.2, 0.25) is 0 Å². The molecule has 12 aromatic rings. The zero-order valence-electron chi connectivity index (χ0n) is 33.9. The lowest BCUT2D eigenvalue weighted by Gasteiger charge is -2.26. The van der Waals surface area contributed by atoms with E-state index in [-0.39, 0.29) is 0 Å². The van der Waals surface area contributed by atoms with Crippen LogP contribution in [-0.4, -0.2) is 0 Å². The summed E-state index contributed by atoms with van der Waals surface area (Å²) in [6.45, 7) is 0. The number of benzene rings is 11. The summed E-state index contributed by atoms with van der Waals surface area (Å²) in [5, 5.41) is 9.81. The smallest absolute Gasteiger partial charge is 0.135 e. The fourth-order valence-electron chi connectivity index (χ4n) is 9.31. The molecular formula is C60H39NO. The van der Waals surface area contributed by atoms with Crippen molar-refractivity contribution in [3.8, 4) is 44.5 Å². The molecule has 0 atom stereocenters. The first-order chi connectivity index (χ1) is 30.7. The molecule has 1 aromatic heterocycles. The van der Waals surface area contributed by atoms with Gasteiger partial charge in [-0.1, -0.05) is 170 Å². The highest BCUT2D eigenvalue weighted by atomic mass is 16.3. The zero-order chi connectivity index (χ0) is 41.0. The van der Waals surface area contributed by atoms with Crippen molar-refractivity contribution >= 4 is 71.3 Å². The van der Waals surface area contributed by atoms with E-state index in [0.29, 0.717) is 0 Å². The molecule has 290 valence electrons. The van der Waals surface area contributed by atoms with Gasteiger partial charge in [0.1, 0.15) is 11.2 Å². The van der Waals surface area contributed by atoms with Gasteiger partial charge >= 0.3 is 0 Å². The van der Waals surface area contributed by atoms with Gasteiger partial charge in [0.15, 0.2) is 0 Å². The van der Waals surface area contributed by atoms with Crippen LogP contribution in [0.1, 0.15) is 0 Å². The Hall–Kier alpha value is -8.20. The molecule has 0 aliphatic heterocycles. The summed E-state index contributed by atoms with van der Waals surface area (Å²) in [6, 6.07) is 85.6. The fourth-order valence-corrected chi connectivity index (χ4v) is 9.31. The minimum absolute atomic E-state index is 0.898. The van der Waals surface area contributed by atoms with E-state index in [9.17, 15) is 0 Å². The van der Waals surface area contributed by atoms with Crippen molar-refractivity contribution in [2.45, 2.75) is 0 Å². The maximum absolute atomic E-state index is 6.18. The van der Waals surface area contributed by atoms with Gasteiger partial charge in [-0.05, 0) is 144 Å². The Kier molecular flexibility index (Phi) is 8.53. The third kappa shape index (κ3) is 6.29. The van der Waals surface area contributed by atoms with E-state index in [1.165, 1.54) is 65.7 Å². The molecule has 1 heterocycles. The molecule has 0 N–H and O–H groups in total. The van der Waals surface area contributed by atoms with E-state index in [0.717, 1.165) is 50.1 Å². The van der Waals surface area contributed by atoms with Crippen LogP contribution in [0.4, 0.5) is 17.1 Å². The molecule has 0 unspecified atom stereocenters. The minimum atomic E-state index is 0.898. The normalized spacial score (nSPS) is 11.5. The first-order valence-corrected chi connectivity index (χ1v) is 21.2. The molecule has 0 radical (unpaired) electrons. The third-order valence-electron chi connectivity index (χ3n) is 12.4. The Labute approximate surface area is 360 Å². The molecule has 0 aliphatic carbocycles. The summed E-state index contributed by atoms with van der Waals surface area (Å²) in [4.78, 5) is 2.37. The van der Waals surface area contributed by atoms with Gasteiger partial charge in [0, 0.05) is 27.8 Å². The predicted molar refractivity (Wildman–Crippen MR) is 263 cm³/mol. The molecule has 0 aliphatic rings. The van der Waals surface area contributed by atoms with E-state index in [1.807, 2.05) is 12.1 Å². The number of rotatable bonds is 7. The Morgan fingerprint density at radius 2 is 0.790 bits per heavy atom. The van der Waals surface area contributed by atoms with Gasteiger partial charge in [-0.3, -0.25) is 0 Å². The van der Waals surface area contributed by atoms with Crippen molar-refractivity contribution in [1.29, 1.82) is 0 Å². The Bertz CT molecular complexity index is 3630. The quantitative estimate of drug-likeness (QED) is 0.150. The zero-order valence-corrected chi connectivity index (χ0v) is 33.9. The second kappa shape index (κ2) is 14.8. The average molecular weight is 790 g/mol. The highest BCUT2D eigenvalue weighted by Gasteiger charge is 2.16. The van der Waals surface area contributed by atoms with Crippen LogP contribution in [0, 0.1) is 0 Å². The average Bonchev–Trinajstić information content (AvgIpc) is 3.72. The van der Waals surface area contributed by atoms with Gasteiger partial charge in [0.25, 0.3) is 0 Å². The van der Waals surface area contributed by atoms with Crippen LogP contribution in [-0.2, 0) is 0 Å². The molecule has 0 saturated heterocycles. The Balaban J connectivity index is 0.939. The van der Waals surface area contributed by atoms with Crippen LogP contribution in [0.5, 0.6) is 0 Å². The summed E-state index contributed by atoms with van der Waals surface area (Å²) in [6.07, 6.45) is 0. The summed E-state index contributed by atoms with van der Waals surface area (Å²) in [5.74, 6) is 0. The van der Waals surface area contributed by atoms with E-state index >= 15 is 0 Å². The molecule has 2 nitrogen and oxygen atoms in total. The van der Waals surface area contributed by atoms with Gasteiger partial charge in [-0.15, -0.1) is 0 Å². The Morgan fingerprint density at radius 3 is 1.61 bits per heavy atom. The second-order valence-electron chi connectivity index (χ2n) is 16.1. The number of para-hydroxylation sites is 1. The first kappa shape index (κ1) is 35.7. The van der Waals surface area contributed by atoms with Crippen LogP contribution in [0.3, 0.4) is 0 Å². The molecule has 0 spiro atoms. The highest BCUT2D eigenvalue weighted by Crippen LogP contribution is 2.41. The predicted octanol–water partition coefficient (Wildman–Crippen LogP) is 17.2. The van der Waals surface area contributed by atoms with Crippen molar-refractivity contribution in [2.75, 3.05) is 4.90 Å². The number of hydrogen-bond acceptors (Lipinski definition) is 2. The van der Waals surface area contributed by atoms with Gasteiger partial charge in [-0.2, -0.15) is 0 Å². The molecule has 12 rings (SSSR count). The van der Waals surface area contributed by atoms with Crippen molar-refractivity contribution in [1.82, 2.24) is 0 Å². The molecular weight excluding hydrogens is 751 g/mol. The van der Waals surface area contributed by atoms with Crippen LogP contribution >= 0.6 is 0 Å². The van der Waals surface area contributed by atoms with Crippen molar-refractivity contribution in [3.63, 3.8) is 0 Å². The van der Waals surface area contributed by atoms with E-state index in [2.05, 4.69) is 229 Å². The SMILES string of the molecule is c1cc(-c2ccc(N(c3ccc(-c4cccc5c4ccc4ccccc45)cc3)c3cccc(-c4ccc5oc6ccccc6c5c4)c3)cc2)cc(-c2ccc3ccccc3c2)c1. The number of anilines is 3. The van der Waals surface area contributed by atoms with Gasteiger partial charge in [0.05, 0.1) is 0 Å². The lowest BCUT2D eigenvalue weighted by molar-refractivity contribution is 0.669. The number of fused-ring (bicyclic) bond motifs is 7. The third-order valence-corrected chi connectivity index (χ3v) is 12.4. The maximum Gasteiger partial charge on any atom is 0.135 e. The molecule has 0 amide bonds. The molecule has 62 heavy (non-hydrogen) atoms. The summed E-state index contributed by atoms with van der Waals surface area (Å²) >= 11 is 0. The first-order valence-electron chi connectivity index (χ1n) is 21.2. The lowest BCUT2D eigenvalue weighted by Crippen LogP contribution is -2.10. The van der Waals surface area contributed by atoms with E-state index in [4.69, 9.17) is 4.42 Å². The second-order valence-corrected chi connectivity index (χ2v) is 16.1. The van der Waals surface area contributed by atoms with Crippen LogP contribution in [0.25, 0.3) is 98.8 Å². The minimum Gasteiger partial charge on any atom is -0.456 e.